The quantitative estimate of drug-likeness (QED) is 0.709. The highest BCUT2D eigenvalue weighted by Gasteiger charge is 2.01. The molecule has 0 spiro atoms. The molecule has 0 saturated carbocycles. The Morgan fingerprint density at radius 2 is 1.76 bits per heavy atom. The molecule has 0 aromatic heterocycles. The molecule has 124 valence electrons. The third kappa shape index (κ3) is 4.39. The monoisotopic (exact) mass is 329 g/mol. The van der Waals surface area contributed by atoms with Crippen molar-refractivity contribution in [2.45, 2.75) is 12.8 Å². The van der Waals surface area contributed by atoms with Crippen LogP contribution in [0.25, 0.3) is 10.8 Å². The van der Waals surface area contributed by atoms with Crippen LogP contribution >= 0.6 is 0 Å². The Labute approximate surface area is 147 Å². The molecule has 0 heterocycles. The lowest BCUT2D eigenvalue weighted by atomic mass is 10.0. The second-order valence-corrected chi connectivity index (χ2v) is 5.61. The maximum absolute atomic E-state index is 12.0. The van der Waals surface area contributed by atoms with Gasteiger partial charge in [-0.2, -0.15) is 0 Å². The van der Waals surface area contributed by atoms with Gasteiger partial charge in [-0.05, 0) is 41.1 Å². The summed E-state index contributed by atoms with van der Waals surface area (Å²) < 4.78 is 5.10. The number of methoxy groups -OCH3 is 1. The molecule has 0 fully saturated rings. The van der Waals surface area contributed by atoms with Gasteiger partial charge in [-0.25, -0.2) is 0 Å². The summed E-state index contributed by atoms with van der Waals surface area (Å²) in [5.41, 5.74) is 1.75. The molecule has 0 radical (unpaired) electrons. The molecule has 0 bridgehead atoms. The van der Waals surface area contributed by atoms with E-state index in [4.69, 9.17) is 4.74 Å². The van der Waals surface area contributed by atoms with E-state index in [-0.39, 0.29) is 5.91 Å². The van der Waals surface area contributed by atoms with Crippen molar-refractivity contribution in [3.63, 3.8) is 0 Å². The fraction of sp³-hybridized carbons (Fsp3) is 0.136. The van der Waals surface area contributed by atoms with E-state index in [1.165, 1.54) is 5.39 Å². The molecule has 3 heteroatoms. The first-order chi connectivity index (χ1) is 12.3. The zero-order chi connectivity index (χ0) is 17.5. The minimum absolute atomic E-state index is 0.0441. The molecule has 3 rings (SSSR count). The topological polar surface area (TPSA) is 38.3 Å². The Balaban J connectivity index is 1.57. The van der Waals surface area contributed by atoms with Gasteiger partial charge in [0.05, 0.1) is 7.11 Å². The van der Waals surface area contributed by atoms with Crippen molar-refractivity contribution in [3.05, 3.63) is 72.3 Å². The summed E-state index contributed by atoms with van der Waals surface area (Å²) in [5.74, 6) is 6.99. The zero-order valence-electron chi connectivity index (χ0n) is 14.1. The minimum atomic E-state index is -0.0441. The van der Waals surface area contributed by atoms with Gasteiger partial charge in [0.15, 0.2) is 0 Å². The van der Waals surface area contributed by atoms with Crippen LogP contribution in [0.3, 0.4) is 0 Å². The van der Waals surface area contributed by atoms with E-state index in [1.54, 1.807) is 7.11 Å². The van der Waals surface area contributed by atoms with Crippen LogP contribution in [0, 0.1) is 11.8 Å². The first-order valence-electron chi connectivity index (χ1n) is 8.17. The van der Waals surface area contributed by atoms with Gasteiger partial charge in [0.25, 0.3) is 0 Å². The van der Waals surface area contributed by atoms with Crippen LogP contribution in [0.5, 0.6) is 5.75 Å². The number of ether oxygens (including phenoxy) is 1. The molecule has 3 aromatic carbocycles. The van der Waals surface area contributed by atoms with E-state index in [9.17, 15) is 4.79 Å². The van der Waals surface area contributed by atoms with Crippen LogP contribution in [0.15, 0.2) is 66.7 Å². The van der Waals surface area contributed by atoms with Gasteiger partial charge < -0.3 is 10.1 Å². The first-order valence-corrected chi connectivity index (χ1v) is 8.17. The number of amides is 1. The molecule has 0 atom stereocenters. The number of benzene rings is 3. The highest BCUT2D eigenvalue weighted by Crippen LogP contribution is 2.17. The van der Waals surface area contributed by atoms with Crippen LogP contribution < -0.4 is 10.1 Å². The largest absolute Gasteiger partial charge is 0.497 e. The SMILES string of the molecule is COc1ccc(NC(=O)CCC#Cc2cccc3ccccc23)cc1. The molecule has 0 aliphatic carbocycles. The second kappa shape index (κ2) is 8.03. The van der Waals surface area contributed by atoms with Crippen LogP contribution in [0.4, 0.5) is 5.69 Å². The average molecular weight is 329 g/mol. The molecule has 0 saturated heterocycles. The Kier molecular flexibility index (Phi) is 5.33. The Bertz CT molecular complexity index is 928. The van der Waals surface area contributed by atoms with Crippen molar-refractivity contribution < 1.29 is 9.53 Å². The predicted octanol–water partition coefficient (Wildman–Crippen LogP) is 4.62. The Morgan fingerprint density at radius 1 is 1.00 bits per heavy atom. The van der Waals surface area contributed by atoms with Crippen LogP contribution in [0.1, 0.15) is 18.4 Å². The van der Waals surface area contributed by atoms with Gasteiger partial charge in [-0.1, -0.05) is 48.2 Å². The molecule has 0 aliphatic rings. The number of fused-ring (bicyclic) bond motifs is 1. The van der Waals surface area contributed by atoms with Gasteiger partial charge in [0.1, 0.15) is 5.75 Å². The van der Waals surface area contributed by atoms with Crippen LogP contribution in [0.2, 0.25) is 0 Å². The standard InChI is InChI=1S/C22H19NO2/c1-25-20-15-13-19(14-16-20)23-22(24)12-5-3-8-18-10-6-9-17-7-2-4-11-21(17)18/h2,4,6-7,9-11,13-16H,5,12H2,1H3,(H,23,24). The fourth-order valence-electron chi connectivity index (χ4n) is 2.57. The molecule has 1 amide bonds. The van der Waals surface area contributed by atoms with E-state index in [2.05, 4.69) is 35.4 Å². The summed E-state index contributed by atoms with van der Waals surface area (Å²) in [5, 5.41) is 5.17. The van der Waals surface area contributed by atoms with Crippen molar-refractivity contribution in [2.75, 3.05) is 12.4 Å². The molecule has 3 nitrogen and oxygen atoms in total. The highest BCUT2D eigenvalue weighted by atomic mass is 16.5. The first kappa shape index (κ1) is 16.6. The van der Waals surface area contributed by atoms with Gasteiger partial charge >= 0.3 is 0 Å². The average Bonchev–Trinajstić information content (AvgIpc) is 2.66. The van der Waals surface area contributed by atoms with Crippen molar-refractivity contribution in [1.82, 2.24) is 0 Å². The minimum Gasteiger partial charge on any atom is -0.497 e. The summed E-state index contributed by atoms with van der Waals surface area (Å²) in [6, 6.07) is 21.5. The molecule has 1 N–H and O–H groups in total. The number of hydrogen-bond acceptors (Lipinski definition) is 2. The number of rotatable bonds is 4. The fourth-order valence-corrected chi connectivity index (χ4v) is 2.57. The van der Waals surface area contributed by atoms with Crippen molar-refractivity contribution in [1.29, 1.82) is 0 Å². The van der Waals surface area contributed by atoms with Crippen LogP contribution in [-0.2, 0) is 4.79 Å². The predicted molar refractivity (Wildman–Crippen MR) is 102 cm³/mol. The normalized spacial score (nSPS) is 9.96. The van der Waals surface area contributed by atoms with E-state index in [1.807, 2.05) is 48.5 Å². The van der Waals surface area contributed by atoms with E-state index in [0.29, 0.717) is 12.8 Å². The zero-order valence-corrected chi connectivity index (χ0v) is 14.1. The lowest BCUT2D eigenvalue weighted by Gasteiger charge is -2.05. The molecule has 0 unspecified atom stereocenters. The Hall–Kier alpha value is -3.25. The van der Waals surface area contributed by atoms with Crippen molar-refractivity contribution >= 4 is 22.4 Å². The maximum Gasteiger partial charge on any atom is 0.225 e. The highest BCUT2D eigenvalue weighted by molar-refractivity contribution is 5.91. The lowest BCUT2D eigenvalue weighted by Crippen LogP contribution is -2.10. The summed E-state index contributed by atoms with van der Waals surface area (Å²) in [7, 11) is 1.61. The van der Waals surface area contributed by atoms with Crippen LogP contribution in [-0.4, -0.2) is 13.0 Å². The third-order valence-electron chi connectivity index (χ3n) is 3.86. The maximum atomic E-state index is 12.0. The summed E-state index contributed by atoms with van der Waals surface area (Å²) in [4.78, 5) is 12.0. The van der Waals surface area contributed by atoms with Gasteiger partial charge in [0, 0.05) is 24.1 Å². The number of nitrogens with one attached hydrogen (secondary N) is 1. The molecular weight excluding hydrogens is 310 g/mol. The van der Waals surface area contributed by atoms with Gasteiger partial charge in [-0.15, -0.1) is 0 Å². The summed E-state index contributed by atoms with van der Waals surface area (Å²) >= 11 is 0. The van der Waals surface area contributed by atoms with Gasteiger partial charge in [-0.3, -0.25) is 4.79 Å². The van der Waals surface area contributed by atoms with Gasteiger partial charge in [0.2, 0.25) is 5.91 Å². The van der Waals surface area contributed by atoms with E-state index >= 15 is 0 Å². The number of carbonyl (C=O) groups is 1. The van der Waals surface area contributed by atoms with Crippen molar-refractivity contribution in [3.8, 4) is 17.6 Å². The summed E-state index contributed by atoms with van der Waals surface area (Å²) in [6.07, 6.45) is 0.884. The lowest BCUT2D eigenvalue weighted by molar-refractivity contribution is -0.116. The number of hydrogen-bond donors (Lipinski definition) is 1. The molecule has 0 aliphatic heterocycles. The van der Waals surface area contributed by atoms with E-state index < -0.39 is 0 Å². The smallest absolute Gasteiger partial charge is 0.225 e. The second-order valence-electron chi connectivity index (χ2n) is 5.61. The van der Waals surface area contributed by atoms with Crippen molar-refractivity contribution in [2.24, 2.45) is 0 Å². The molecule has 3 aromatic rings. The number of anilines is 1. The Morgan fingerprint density at radius 3 is 2.56 bits per heavy atom. The molecular formula is C22H19NO2. The summed E-state index contributed by atoms with van der Waals surface area (Å²) in [6.45, 7) is 0. The molecule has 25 heavy (non-hydrogen) atoms. The third-order valence-corrected chi connectivity index (χ3v) is 3.86. The van der Waals surface area contributed by atoms with E-state index in [0.717, 1.165) is 22.4 Å². The number of carbonyl (C=O) groups excluding carboxylic acids is 1.